The Bertz CT molecular complexity index is 2240. The van der Waals surface area contributed by atoms with E-state index in [2.05, 4.69) is 136 Å². The first-order valence-electron chi connectivity index (χ1n) is 17.1. The summed E-state index contributed by atoms with van der Waals surface area (Å²) >= 11 is 0. The molecule has 0 N–H and O–H groups in total. The Morgan fingerprint density at radius 1 is 0.776 bits per heavy atom. The van der Waals surface area contributed by atoms with E-state index < -0.39 is 0 Å². The molecule has 0 saturated carbocycles. The molecule has 4 aromatic carbocycles. The van der Waals surface area contributed by atoms with Crippen LogP contribution in [0.25, 0.3) is 44.4 Å². The van der Waals surface area contributed by atoms with Gasteiger partial charge in [-0.3, -0.25) is 4.68 Å². The normalized spacial score (nSPS) is 11.6. The predicted octanol–water partition coefficient (Wildman–Crippen LogP) is 10.9. The molecule has 0 radical (unpaired) electrons. The van der Waals surface area contributed by atoms with Gasteiger partial charge in [0.05, 0.1) is 5.69 Å². The van der Waals surface area contributed by atoms with Gasteiger partial charge in [0.2, 0.25) is 0 Å². The zero-order valence-corrected chi connectivity index (χ0v) is 31.4. The van der Waals surface area contributed by atoms with E-state index in [-0.39, 0.29) is 26.5 Å². The fraction of sp³-hybridized carbons (Fsp3) is 0.256. The Balaban J connectivity index is 0.00000417. The van der Waals surface area contributed by atoms with Gasteiger partial charge >= 0.3 is 21.1 Å². The minimum Gasteiger partial charge on any atom is -0.509 e. The molecule has 5 nitrogen and oxygen atoms in total. The van der Waals surface area contributed by atoms with E-state index in [1.165, 1.54) is 33.3 Å². The standard InChI is InChI=1S/C43H42N4O.Pt/c1-7-13-37-42(30-15-10-9-11-16-30)39(14-8-2)47(45-37)32-17-12-18-33(27-32)48-34-20-21-35-36-25-29(3)19-22-38(36)46(40(35)28-34)41-26-31(23-24-44-41)43(4,5)6;/h9-12,15-26H,7-8,13-14H2,1-6H3;/q-2;+2. The van der Waals surface area contributed by atoms with Gasteiger partial charge in [0.15, 0.2) is 0 Å². The van der Waals surface area contributed by atoms with Gasteiger partial charge in [0.1, 0.15) is 5.82 Å². The third-order valence-electron chi connectivity index (χ3n) is 8.94. The predicted molar refractivity (Wildman–Crippen MR) is 197 cm³/mol. The average molecular weight is 826 g/mol. The Hall–Kier alpha value is -4.47. The van der Waals surface area contributed by atoms with Crippen molar-refractivity contribution < 1.29 is 25.8 Å². The van der Waals surface area contributed by atoms with E-state index in [9.17, 15) is 0 Å². The summed E-state index contributed by atoms with van der Waals surface area (Å²) in [4.78, 5) is 4.83. The molecule has 3 aromatic heterocycles. The van der Waals surface area contributed by atoms with Crippen LogP contribution < -0.4 is 4.74 Å². The molecule has 250 valence electrons. The molecule has 0 unspecified atom stereocenters. The van der Waals surface area contributed by atoms with Gasteiger partial charge < -0.3 is 9.30 Å². The number of fused-ring (bicyclic) bond motifs is 3. The molecule has 0 amide bonds. The van der Waals surface area contributed by atoms with Gasteiger partial charge in [0, 0.05) is 34.5 Å². The number of aryl methyl sites for hydroxylation is 2. The largest absolute Gasteiger partial charge is 2.00 e. The molecule has 0 aliphatic heterocycles. The van der Waals surface area contributed by atoms with Crippen molar-refractivity contribution in [1.82, 2.24) is 19.3 Å². The molecule has 49 heavy (non-hydrogen) atoms. The summed E-state index contributed by atoms with van der Waals surface area (Å²) in [6.07, 6.45) is 5.78. The van der Waals surface area contributed by atoms with Crippen LogP contribution in [0.4, 0.5) is 0 Å². The van der Waals surface area contributed by atoms with Crippen LogP contribution in [-0.4, -0.2) is 19.3 Å². The summed E-state index contributed by atoms with van der Waals surface area (Å²) in [7, 11) is 0. The van der Waals surface area contributed by atoms with Gasteiger partial charge in [-0.05, 0) is 65.6 Å². The van der Waals surface area contributed by atoms with Crippen LogP contribution in [0.5, 0.6) is 11.5 Å². The maximum Gasteiger partial charge on any atom is 2.00 e. The zero-order chi connectivity index (χ0) is 33.4. The number of nitrogens with zero attached hydrogens (tertiary/aromatic N) is 4. The number of benzene rings is 4. The first-order chi connectivity index (χ1) is 23.2. The summed E-state index contributed by atoms with van der Waals surface area (Å²) in [5.74, 6) is 2.10. The van der Waals surface area contributed by atoms with Crippen molar-refractivity contribution in [3.05, 3.63) is 132 Å². The second-order valence-corrected chi connectivity index (χ2v) is 13.6. The number of hydrogen-bond donors (Lipinski definition) is 0. The van der Waals surface area contributed by atoms with Gasteiger partial charge in [-0.15, -0.1) is 35.7 Å². The molecule has 0 fully saturated rings. The Labute approximate surface area is 304 Å². The Kier molecular flexibility index (Phi) is 9.95. The van der Waals surface area contributed by atoms with E-state index in [0.29, 0.717) is 11.5 Å². The molecule has 7 rings (SSSR count). The summed E-state index contributed by atoms with van der Waals surface area (Å²) in [5, 5.41) is 7.45. The van der Waals surface area contributed by atoms with E-state index in [0.717, 1.165) is 59.3 Å². The van der Waals surface area contributed by atoms with Gasteiger partial charge in [0.25, 0.3) is 0 Å². The van der Waals surface area contributed by atoms with Crippen molar-refractivity contribution in [3.8, 4) is 34.1 Å². The molecule has 0 aliphatic rings. The van der Waals surface area contributed by atoms with Gasteiger partial charge in [-0.1, -0.05) is 101 Å². The van der Waals surface area contributed by atoms with Crippen molar-refractivity contribution >= 4 is 21.8 Å². The minimum absolute atomic E-state index is 0. The Morgan fingerprint density at radius 2 is 1.55 bits per heavy atom. The number of hydrogen-bond acceptors (Lipinski definition) is 3. The molecule has 0 atom stereocenters. The summed E-state index contributed by atoms with van der Waals surface area (Å²) in [6, 6.07) is 38.8. The van der Waals surface area contributed by atoms with Crippen LogP contribution in [0.3, 0.4) is 0 Å². The van der Waals surface area contributed by atoms with Crippen LogP contribution in [-0.2, 0) is 39.3 Å². The van der Waals surface area contributed by atoms with Gasteiger partial charge in [-0.2, -0.15) is 17.2 Å². The fourth-order valence-electron chi connectivity index (χ4n) is 6.60. The van der Waals surface area contributed by atoms with Gasteiger partial charge in [-0.25, -0.2) is 4.98 Å². The second kappa shape index (κ2) is 14.2. The van der Waals surface area contributed by atoms with Crippen LogP contribution in [0.2, 0.25) is 0 Å². The molecule has 3 heterocycles. The first kappa shape index (κ1) is 34.4. The average Bonchev–Trinajstić information content (AvgIpc) is 3.60. The smallest absolute Gasteiger partial charge is 0.509 e. The monoisotopic (exact) mass is 825 g/mol. The molecular weight excluding hydrogens is 784 g/mol. The van der Waals surface area contributed by atoms with Crippen molar-refractivity contribution in [3.63, 3.8) is 0 Å². The van der Waals surface area contributed by atoms with E-state index in [4.69, 9.17) is 14.8 Å². The van der Waals surface area contributed by atoms with Crippen molar-refractivity contribution in [2.45, 2.75) is 72.6 Å². The summed E-state index contributed by atoms with van der Waals surface area (Å²) in [6.45, 7) is 13.2. The van der Waals surface area contributed by atoms with Crippen molar-refractivity contribution in [1.29, 1.82) is 0 Å². The van der Waals surface area contributed by atoms with Crippen LogP contribution in [0, 0.1) is 19.1 Å². The molecular formula is C43H42N4OPt. The van der Waals surface area contributed by atoms with Crippen LogP contribution in [0.1, 0.15) is 70.0 Å². The maximum atomic E-state index is 6.52. The number of ether oxygens (including phenoxy) is 1. The molecule has 0 spiro atoms. The zero-order valence-electron chi connectivity index (χ0n) is 29.1. The number of pyridine rings is 1. The molecule has 0 aliphatic carbocycles. The third-order valence-corrected chi connectivity index (χ3v) is 8.94. The number of rotatable bonds is 9. The summed E-state index contributed by atoms with van der Waals surface area (Å²) < 4.78 is 10.8. The molecule has 0 bridgehead atoms. The second-order valence-electron chi connectivity index (χ2n) is 13.6. The quantitative estimate of drug-likeness (QED) is 0.136. The van der Waals surface area contributed by atoms with Crippen molar-refractivity contribution in [2.24, 2.45) is 0 Å². The molecule has 0 saturated heterocycles. The minimum atomic E-state index is -0.00336. The van der Waals surface area contributed by atoms with Crippen LogP contribution in [0.15, 0.2) is 97.2 Å². The van der Waals surface area contributed by atoms with E-state index in [1.807, 2.05) is 24.4 Å². The topological polar surface area (TPSA) is 44.9 Å². The fourth-order valence-corrected chi connectivity index (χ4v) is 6.60. The third kappa shape index (κ3) is 6.74. The Morgan fingerprint density at radius 3 is 2.31 bits per heavy atom. The molecule has 6 heteroatoms. The van der Waals surface area contributed by atoms with E-state index >= 15 is 0 Å². The van der Waals surface area contributed by atoms with Crippen molar-refractivity contribution in [2.75, 3.05) is 0 Å². The first-order valence-corrected chi connectivity index (χ1v) is 17.1. The summed E-state index contributed by atoms with van der Waals surface area (Å²) in [5.41, 5.74) is 10.1. The number of aromatic nitrogens is 4. The molecule has 7 aromatic rings. The van der Waals surface area contributed by atoms with E-state index in [1.54, 1.807) is 0 Å². The van der Waals surface area contributed by atoms with Crippen LogP contribution >= 0.6 is 0 Å². The maximum absolute atomic E-state index is 6.52. The SMILES string of the molecule is CCCc1nn(-c2[c-]c(Oc3[c-]c4c(cc3)c3cc(C)ccc3n4-c3cc(C(C)(C)C)ccn3)ccc2)c(CCC)c1-c1ccccc1.[Pt+2].